The standard InChI is InChI=1S/C26H21N5O2S/c32-24(14-13-18-8-3-1-4-9-18)28-23-16-21(22-12-7-15-34-22)30-31(23)26-27-20(17-25(33)29-26)19-10-5-2-6-11-19/h1-12,15-17H,13-14H2,(H,28,32)(H,27,29,33). The van der Waals surface area contributed by atoms with Crippen LogP contribution in [-0.2, 0) is 11.2 Å². The second-order valence-electron chi connectivity index (χ2n) is 7.66. The van der Waals surface area contributed by atoms with E-state index >= 15 is 0 Å². The van der Waals surface area contributed by atoms with Crippen molar-refractivity contribution in [1.29, 1.82) is 0 Å². The molecule has 5 aromatic rings. The van der Waals surface area contributed by atoms with Crippen molar-refractivity contribution in [3.05, 3.63) is 106 Å². The van der Waals surface area contributed by atoms with E-state index in [0.29, 0.717) is 30.0 Å². The molecule has 3 heterocycles. The highest BCUT2D eigenvalue weighted by Crippen LogP contribution is 2.28. The molecule has 0 saturated heterocycles. The minimum Gasteiger partial charge on any atom is -0.310 e. The molecule has 2 aromatic carbocycles. The molecule has 3 aromatic heterocycles. The minimum atomic E-state index is -0.307. The molecule has 168 valence electrons. The summed E-state index contributed by atoms with van der Waals surface area (Å²) in [5.74, 6) is 0.520. The highest BCUT2D eigenvalue weighted by molar-refractivity contribution is 7.13. The molecule has 7 nitrogen and oxygen atoms in total. The number of carbonyl (C=O) groups is 1. The Hall–Kier alpha value is -4.30. The molecule has 8 heteroatoms. The zero-order valence-electron chi connectivity index (χ0n) is 18.1. The molecule has 0 fully saturated rings. The molecule has 0 aliphatic carbocycles. The number of thiophene rings is 1. The maximum Gasteiger partial charge on any atom is 0.252 e. The van der Waals surface area contributed by atoms with Crippen LogP contribution in [0.5, 0.6) is 0 Å². The number of rotatable bonds is 7. The van der Waals surface area contributed by atoms with Crippen LogP contribution in [0.4, 0.5) is 5.82 Å². The van der Waals surface area contributed by atoms with Gasteiger partial charge in [0.15, 0.2) is 0 Å². The lowest BCUT2D eigenvalue weighted by atomic mass is 10.1. The van der Waals surface area contributed by atoms with Crippen LogP contribution in [0.15, 0.2) is 95.1 Å². The summed E-state index contributed by atoms with van der Waals surface area (Å²) < 4.78 is 1.48. The van der Waals surface area contributed by atoms with Gasteiger partial charge in [-0.05, 0) is 23.4 Å². The van der Waals surface area contributed by atoms with Gasteiger partial charge in [0.1, 0.15) is 11.5 Å². The second-order valence-corrected chi connectivity index (χ2v) is 8.61. The van der Waals surface area contributed by atoms with Gasteiger partial charge in [0.25, 0.3) is 5.56 Å². The predicted octanol–water partition coefficient (Wildman–Crippen LogP) is 4.92. The van der Waals surface area contributed by atoms with Gasteiger partial charge in [-0.25, -0.2) is 4.98 Å². The smallest absolute Gasteiger partial charge is 0.252 e. The lowest BCUT2D eigenvalue weighted by Crippen LogP contribution is -2.19. The lowest BCUT2D eigenvalue weighted by molar-refractivity contribution is -0.116. The number of amides is 1. The summed E-state index contributed by atoms with van der Waals surface area (Å²) in [5.41, 5.74) is 2.80. The fourth-order valence-corrected chi connectivity index (χ4v) is 4.27. The number of nitrogens with zero attached hydrogens (tertiary/aromatic N) is 3. The van der Waals surface area contributed by atoms with E-state index in [-0.39, 0.29) is 17.4 Å². The first-order valence-corrected chi connectivity index (χ1v) is 11.7. The van der Waals surface area contributed by atoms with E-state index in [2.05, 4.69) is 20.4 Å². The highest BCUT2D eigenvalue weighted by atomic mass is 32.1. The Kier molecular flexibility index (Phi) is 6.13. The van der Waals surface area contributed by atoms with Crippen molar-refractivity contribution in [2.45, 2.75) is 12.8 Å². The van der Waals surface area contributed by atoms with E-state index in [4.69, 9.17) is 0 Å². The van der Waals surface area contributed by atoms with E-state index in [1.807, 2.05) is 78.2 Å². The number of aromatic amines is 1. The molecular formula is C26H21N5O2S. The van der Waals surface area contributed by atoms with Gasteiger partial charge in [0.2, 0.25) is 11.9 Å². The Bertz CT molecular complexity index is 1460. The first-order valence-electron chi connectivity index (χ1n) is 10.8. The molecule has 0 aliphatic heterocycles. The summed E-state index contributed by atoms with van der Waals surface area (Å²) in [5, 5.41) is 9.56. The van der Waals surface area contributed by atoms with Crippen molar-refractivity contribution in [1.82, 2.24) is 19.7 Å². The van der Waals surface area contributed by atoms with Crippen molar-refractivity contribution in [2.75, 3.05) is 5.32 Å². The first kappa shape index (κ1) is 21.5. The first-order chi connectivity index (χ1) is 16.7. The number of hydrogen-bond donors (Lipinski definition) is 2. The number of aromatic nitrogens is 4. The van der Waals surface area contributed by atoms with Crippen molar-refractivity contribution >= 4 is 23.1 Å². The number of benzene rings is 2. The molecular weight excluding hydrogens is 446 g/mol. The van der Waals surface area contributed by atoms with Gasteiger partial charge in [0.05, 0.1) is 10.6 Å². The van der Waals surface area contributed by atoms with Crippen LogP contribution in [0.2, 0.25) is 0 Å². The topological polar surface area (TPSA) is 92.7 Å². The summed E-state index contributed by atoms with van der Waals surface area (Å²) in [6.45, 7) is 0. The van der Waals surface area contributed by atoms with Crippen LogP contribution < -0.4 is 10.9 Å². The average Bonchev–Trinajstić information content (AvgIpc) is 3.54. The lowest BCUT2D eigenvalue weighted by Gasteiger charge is -2.09. The van der Waals surface area contributed by atoms with Gasteiger partial charge in [-0.2, -0.15) is 9.78 Å². The van der Waals surface area contributed by atoms with Crippen LogP contribution in [0.3, 0.4) is 0 Å². The zero-order chi connectivity index (χ0) is 23.3. The third kappa shape index (κ3) is 4.87. The molecule has 0 bridgehead atoms. The Labute approximate surface area is 199 Å². The Morgan fingerprint density at radius 1 is 0.941 bits per heavy atom. The molecule has 34 heavy (non-hydrogen) atoms. The normalized spacial score (nSPS) is 10.8. The second kappa shape index (κ2) is 9.68. The Morgan fingerprint density at radius 2 is 1.71 bits per heavy atom. The summed E-state index contributed by atoms with van der Waals surface area (Å²) in [6.07, 6.45) is 0.939. The van der Waals surface area contributed by atoms with Crippen molar-refractivity contribution in [3.8, 4) is 27.8 Å². The molecule has 5 rings (SSSR count). The van der Waals surface area contributed by atoms with Gasteiger partial charge in [-0.1, -0.05) is 66.7 Å². The Morgan fingerprint density at radius 3 is 2.44 bits per heavy atom. The molecule has 0 saturated carbocycles. The minimum absolute atomic E-state index is 0.149. The summed E-state index contributed by atoms with van der Waals surface area (Å²) in [4.78, 5) is 33.6. The molecule has 0 spiro atoms. The van der Waals surface area contributed by atoms with Gasteiger partial charge < -0.3 is 5.32 Å². The maximum atomic E-state index is 12.8. The van der Waals surface area contributed by atoms with Crippen LogP contribution in [0, 0.1) is 0 Å². The highest BCUT2D eigenvalue weighted by Gasteiger charge is 2.17. The number of nitrogens with one attached hydrogen (secondary N) is 2. The van der Waals surface area contributed by atoms with E-state index in [0.717, 1.165) is 16.0 Å². The monoisotopic (exact) mass is 467 g/mol. The largest absolute Gasteiger partial charge is 0.310 e. The molecule has 1 amide bonds. The van der Waals surface area contributed by atoms with E-state index < -0.39 is 0 Å². The van der Waals surface area contributed by atoms with Gasteiger partial charge in [-0.15, -0.1) is 11.3 Å². The Balaban J connectivity index is 1.49. The van der Waals surface area contributed by atoms with Crippen LogP contribution in [0.25, 0.3) is 27.8 Å². The van der Waals surface area contributed by atoms with E-state index in [1.54, 1.807) is 17.4 Å². The fourth-order valence-electron chi connectivity index (χ4n) is 3.59. The van der Waals surface area contributed by atoms with Gasteiger partial charge >= 0.3 is 0 Å². The summed E-state index contributed by atoms with van der Waals surface area (Å²) in [6, 6.07) is 26.4. The number of aryl methyl sites for hydroxylation is 1. The van der Waals surface area contributed by atoms with Gasteiger partial charge in [-0.3, -0.25) is 14.6 Å². The van der Waals surface area contributed by atoms with E-state index in [9.17, 15) is 9.59 Å². The molecule has 2 N–H and O–H groups in total. The molecule has 0 unspecified atom stereocenters. The number of H-pyrrole nitrogens is 1. The predicted molar refractivity (Wildman–Crippen MR) is 134 cm³/mol. The molecule has 0 radical (unpaired) electrons. The third-order valence-electron chi connectivity index (χ3n) is 5.23. The van der Waals surface area contributed by atoms with Crippen LogP contribution >= 0.6 is 11.3 Å². The average molecular weight is 468 g/mol. The van der Waals surface area contributed by atoms with Crippen molar-refractivity contribution in [2.24, 2.45) is 0 Å². The van der Waals surface area contributed by atoms with Crippen LogP contribution in [0.1, 0.15) is 12.0 Å². The van der Waals surface area contributed by atoms with E-state index in [1.165, 1.54) is 10.7 Å². The van der Waals surface area contributed by atoms with Crippen molar-refractivity contribution < 1.29 is 4.79 Å². The third-order valence-corrected chi connectivity index (χ3v) is 6.13. The summed E-state index contributed by atoms with van der Waals surface area (Å²) >= 11 is 1.54. The van der Waals surface area contributed by atoms with Gasteiger partial charge in [0, 0.05) is 24.1 Å². The molecule has 0 aliphatic rings. The summed E-state index contributed by atoms with van der Waals surface area (Å²) in [7, 11) is 0. The number of anilines is 1. The number of carbonyl (C=O) groups excluding carboxylic acids is 1. The quantitative estimate of drug-likeness (QED) is 0.355. The fraction of sp³-hybridized carbons (Fsp3) is 0.0769. The van der Waals surface area contributed by atoms with Crippen molar-refractivity contribution in [3.63, 3.8) is 0 Å². The number of hydrogen-bond acceptors (Lipinski definition) is 5. The molecule has 0 atom stereocenters. The van der Waals surface area contributed by atoms with Crippen LogP contribution in [-0.4, -0.2) is 25.7 Å². The SMILES string of the molecule is O=C(CCc1ccccc1)Nc1cc(-c2cccs2)nn1-c1nc(-c2ccccc2)cc(=O)[nH]1. The zero-order valence-corrected chi connectivity index (χ0v) is 19.0. The maximum absolute atomic E-state index is 12.8.